The lowest BCUT2D eigenvalue weighted by atomic mass is 10.1. The molecule has 3 aromatic carbocycles. The highest BCUT2D eigenvalue weighted by Crippen LogP contribution is 2.32. The van der Waals surface area contributed by atoms with E-state index in [2.05, 4.69) is 13.0 Å². The summed E-state index contributed by atoms with van der Waals surface area (Å²) in [6.45, 7) is 2.09. The Morgan fingerprint density at radius 1 is 1.04 bits per heavy atom. The van der Waals surface area contributed by atoms with E-state index < -0.39 is 0 Å². The molecular weight excluding hydrogens is 326 g/mol. The number of carbonyl (C=O) groups is 1. The van der Waals surface area contributed by atoms with Crippen LogP contribution >= 0.6 is 0 Å². The third-order valence-corrected chi connectivity index (χ3v) is 4.86. The molecule has 0 unspecified atom stereocenters. The fourth-order valence-corrected chi connectivity index (χ4v) is 3.58. The van der Waals surface area contributed by atoms with Crippen molar-refractivity contribution < 1.29 is 14.3 Å². The number of nitrogens with zero attached hydrogens (tertiary/aromatic N) is 1. The standard InChI is InChI=1S/C22H21NO3/c1-15-11-17-5-3-4-6-21(17)23(15)22(24)14-26-20-10-8-16-7-9-19(25-2)12-18(16)13-20/h3-10,12-13,15H,11,14H2,1-2H3/t15-/m1/s1. The highest BCUT2D eigenvalue weighted by atomic mass is 16.5. The second-order valence-electron chi connectivity index (χ2n) is 6.61. The molecule has 4 nitrogen and oxygen atoms in total. The van der Waals surface area contributed by atoms with Gasteiger partial charge < -0.3 is 14.4 Å². The van der Waals surface area contributed by atoms with Crippen molar-refractivity contribution in [2.24, 2.45) is 0 Å². The number of benzene rings is 3. The molecule has 0 saturated carbocycles. The maximum Gasteiger partial charge on any atom is 0.265 e. The summed E-state index contributed by atoms with van der Waals surface area (Å²) in [5, 5.41) is 2.13. The van der Waals surface area contributed by atoms with Gasteiger partial charge in [-0.2, -0.15) is 0 Å². The average Bonchev–Trinajstić information content (AvgIpc) is 3.01. The van der Waals surface area contributed by atoms with Crippen molar-refractivity contribution in [3.8, 4) is 11.5 Å². The Kier molecular flexibility index (Phi) is 4.25. The summed E-state index contributed by atoms with van der Waals surface area (Å²) >= 11 is 0. The Balaban J connectivity index is 1.50. The highest BCUT2D eigenvalue weighted by Gasteiger charge is 2.30. The van der Waals surface area contributed by atoms with Crippen LogP contribution in [0, 0.1) is 0 Å². The summed E-state index contributed by atoms with van der Waals surface area (Å²) in [7, 11) is 1.65. The number of ether oxygens (including phenoxy) is 2. The lowest BCUT2D eigenvalue weighted by Crippen LogP contribution is -2.39. The van der Waals surface area contributed by atoms with Crippen molar-refractivity contribution in [1.29, 1.82) is 0 Å². The zero-order valence-electron chi connectivity index (χ0n) is 14.9. The van der Waals surface area contributed by atoms with Crippen molar-refractivity contribution >= 4 is 22.4 Å². The van der Waals surface area contributed by atoms with Crippen LogP contribution < -0.4 is 14.4 Å². The third-order valence-electron chi connectivity index (χ3n) is 4.86. The van der Waals surface area contributed by atoms with Gasteiger partial charge in [0.05, 0.1) is 7.11 Å². The SMILES string of the molecule is COc1ccc2ccc(OCC(=O)N3c4ccccc4C[C@H]3C)cc2c1. The molecule has 1 amide bonds. The van der Waals surface area contributed by atoms with Gasteiger partial charge in [0.1, 0.15) is 11.5 Å². The number of carbonyl (C=O) groups excluding carboxylic acids is 1. The quantitative estimate of drug-likeness (QED) is 0.710. The zero-order chi connectivity index (χ0) is 18.1. The first kappa shape index (κ1) is 16.5. The Morgan fingerprint density at radius 3 is 2.58 bits per heavy atom. The molecule has 0 aliphatic carbocycles. The van der Waals surface area contributed by atoms with Gasteiger partial charge in [-0.3, -0.25) is 4.79 Å². The number of hydrogen-bond donors (Lipinski definition) is 0. The smallest absolute Gasteiger partial charge is 0.265 e. The molecule has 4 heteroatoms. The number of methoxy groups -OCH3 is 1. The normalized spacial score (nSPS) is 15.8. The van der Waals surface area contributed by atoms with Gasteiger partial charge in [0.2, 0.25) is 0 Å². The van der Waals surface area contributed by atoms with Gasteiger partial charge in [0, 0.05) is 11.7 Å². The number of anilines is 1. The minimum Gasteiger partial charge on any atom is -0.497 e. The van der Waals surface area contributed by atoms with E-state index in [9.17, 15) is 4.79 Å². The summed E-state index contributed by atoms with van der Waals surface area (Å²) in [4.78, 5) is 14.6. The zero-order valence-corrected chi connectivity index (χ0v) is 14.9. The lowest BCUT2D eigenvalue weighted by molar-refractivity contribution is -0.120. The van der Waals surface area contributed by atoms with Gasteiger partial charge in [0.15, 0.2) is 6.61 Å². The van der Waals surface area contributed by atoms with Gasteiger partial charge in [-0.1, -0.05) is 30.3 Å². The van der Waals surface area contributed by atoms with Crippen molar-refractivity contribution in [3.05, 3.63) is 66.2 Å². The fraction of sp³-hybridized carbons (Fsp3) is 0.227. The summed E-state index contributed by atoms with van der Waals surface area (Å²) < 4.78 is 11.1. The largest absolute Gasteiger partial charge is 0.497 e. The Hall–Kier alpha value is -3.01. The van der Waals surface area contributed by atoms with Gasteiger partial charge in [0.25, 0.3) is 5.91 Å². The van der Waals surface area contributed by atoms with Crippen molar-refractivity contribution in [2.75, 3.05) is 18.6 Å². The van der Waals surface area contributed by atoms with Crippen molar-refractivity contribution in [3.63, 3.8) is 0 Å². The van der Waals surface area contributed by atoms with E-state index in [4.69, 9.17) is 9.47 Å². The summed E-state index contributed by atoms with van der Waals surface area (Å²) in [5.41, 5.74) is 2.21. The Morgan fingerprint density at radius 2 is 1.77 bits per heavy atom. The first-order chi connectivity index (χ1) is 12.7. The van der Waals surface area contributed by atoms with Crippen LogP contribution in [0.1, 0.15) is 12.5 Å². The molecule has 132 valence electrons. The minimum absolute atomic E-state index is 0.0202. The molecule has 4 rings (SSSR count). The van der Waals surface area contributed by atoms with Crippen LogP contribution in [0.4, 0.5) is 5.69 Å². The van der Waals surface area contributed by atoms with Gasteiger partial charge in [-0.25, -0.2) is 0 Å². The van der Waals surface area contributed by atoms with Crippen LogP contribution in [0.5, 0.6) is 11.5 Å². The van der Waals surface area contributed by atoms with Crippen LogP contribution in [0.25, 0.3) is 10.8 Å². The highest BCUT2D eigenvalue weighted by molar-refractivity contribution is 5.97. The molecule has 0 N–H and O–H groups in total. The fourth-order valence-electron chi connectivity index (χ4n) is 3.58. The van der Waals surface area contributed by atoms with E-state index in [1.165, 1.54) is 5.56 Å². The molecule has 0 fully saturated rings. The Bertz CT molecular complexity index is 967. The molecule has 1 atom stereocenters. The maximum absolute atomic E-state index is 12.7. The van der Waals surface area contributed by atoms with Crippen molar-refractivity contribution in [1.82, 2.24) is 0 Å². The molecule has 3 aromatic rings. The molecule has 1 aliphatic heterocycles. The predicted octanol–water partition coefficient (Wildman–Crippen LogP) is 4.21. The molecule has 26 heavy (non-hydrogen) atoms. The van der Waals surface area contributed by atoms with E-state index >= 15 is 0 Å². The van der Waals surface area contributed by atoms with E-state index in [1.807, 2.05) is 59.5 Å². The topological polar surface area (TPSA) is 38.8 Å². The number of rotatable bonds is 4. The van der Waals surface area contributed by atoms with Gasteiger partial charge >= 0.3 is 0 Å². The minimum atomic E-state index is -0.0202. The second-order valence-corrected chi connectivity index (χ2v) is 6.61. The van der Waals surface area contributed by atoms with Crippen LogP contribution in [0.2, 0.25) is 0 Å². The number of hydrogen-bond acceptors (Lipinski definition) is 3. The van der Waals surface area contributed by atoms with E-state index in [0.717, 1.165) is 28.6 Å². The summed E-state index contributed by atoms with van der Waals surface area (Å²) in [6, 6.07) is 19.9. The second kappa shape index (κ2) is 6.71. The summed E-state index contributed by atoms with van der Waals surface area (Å²) in [6.07, 6.45) is 0.887. The molecule has 0 bridgehead atoms. The van der Waals surface area contributed by atoms with E-state index in [1.54, 1.807) is 7.11 Å². The number of para-hydroxylation sites is 1. The molecular formula is C22H21NO3. The average molecular weight is 347 g/mol. The van der Waals surface area contributed by atoms with Crippen LogP contribution in [-0.4, -0.2) is 25.7 Å². The number of amides is 1. The lowest BCUT2D eigenvalue weighted by Gasteiger charge is -2.22. The molecule has 0 spiro atoms. The third kappa shape index (κ3) is 2.99. The molecule has 0 radical (unpaired) electrons. The van der Waals surface area contributed by atoms with Gasteiger partial charge in [-0.05, 0) is 60.0 Å². The van der Waals surface area contributed by atoms with Crippen LogP contribution in [0.15, 0.2) is 60.7 Å². The molecule has 0 aromatic heterocycles. The van der Waals surface area contributed by atoms with E-state index in [-0.39, 0.29) is 18.6 Å². The van der Waals surface area contributed by atoms with Crippen LogP contribution in [0.3, 0.4) is 0 Å². The monoisotopic (exact) mass is 347 g/mol. The predicted molar refractivity (Wildman–Crippen MR) is 103 cm³/mol. The van der Waals surface area contributed by atoms with Gasteiger partial charge in [-0.15, -0.1) is 0 Å². The van der Waals surface area contributed by atoms with Crippen LogP contribution in [-0.2, 0) is 11.2 Å². The molecule has 0 saturated heterocycles. The first-order valence-electron chi connectivity index (χ1n) is 8.76. The summed E-state index contributed by atoms with van der Waals surface area (Å²) in [5.74, 6) is 1.46. The first-order valence-corrected chi connectivity index (χ1v) is 8.76. The molecule has 1 heterocycles. The maximum atomic E-state index is 12.7. The molecule has 1 aliphatic rings. The van der Waals surface area contributed by atoms with Crippen molar-refractivity contribution in [2.45, 2.75) is 19.4 Å². The Labute approximate surface area is 153 Å². The number of fused-ring (bicyclic) bond motifs is 2. The van der Waals surface area contributed by atoms with E-state index in [0.29, 0.717) is 5.75 Å².